The Balaban J connectivity index is 1.88. The van der Waals surface area contributed by atoms with Gasteiger partial charge in [0, 0.05) is 18.8 Å². The van der Waals surface area contributed by atoms with Crippen molar-refractivity contribution >= 4 is 23.2 Å². The largest absolute Gasteiger partial charge is 0.481 e. The van der Waals surface area contributed by atoms with Gasteiger partial charge in [0.1, 0.15) is 9.88 Å². The number of aromatic nitrogens is 3. The molecular formula is C19H20N4O3S. The van der Waals surface area contributed by atoms with E-state index in [1.807, 2.05) is 43.6 Å². The van der Waals surface area contributed by atoms with Crippen LogP contribution in [0.2, 0.25) is 0 Å². The third kappa shape index (κ3) is 4.06. The first-order valence-electron chi connectivity index (χ1n) is 8.42. The highest BCUT2D eigenvalue weighted by atomic mass is 32.1. The van der Waals surface area contributed by atoms with E-state index >= 15 is 0 Å². The molecule has 0 bridgehead atoms. The van der Waals surface area contributed by atoms with Gasteiger partial charge in [0.05, 0.1) is 23.9 Å². The highest BCUT2D eigenvalue weighted by Crippen LogP contribution is 2.29. The molecular weight excluding hydrogens is 364 g/mol. The molecule has 3 rings (SSSR count). The van der Waals surface area contributed by atoms with Gasteiger partial charge in [-0.15, -0.1) is 11.3 Å². The van der Waals surface area contributed by atoms with Crippen LogP contribution in [0.1, 0.15) is 33.9 Å². The van der Waals surface area contributed by atoms with Crippen LogP contribution >= 0.6 is 11.3 Å². The van der Waals surface area contributed by atoms with Crippen LogP contribution in [0.5, 0.6) is 0 Å². The van der Waals surface area contributed by atoms with E-state index in [1.165, 1.54) is 11.3 Å². The van der Waals surface area contributed by atoms with E-state index in [1.54, 1.807) is 24.7 Å². The maximum Gasteiger partial charge on any atom is 0.308 e. The van der Waals surface area contributed by atoms with Crippen molar-refractivity contribution in [3.8, 4) is 10.6 Å². The van der Waals surface area contributed by atoms with Gasteiger partial charge < -0.3 is 10.4 Å². The number of aliphatic carboxylic acids is 1. The number of carbonyl (C=O) groups excluding carboxylic acids is 1. The zero-order valence-corrected chi connectivity index (χ0v) is 16.0. The first-order valence-corrected chi connectivity index (χ1v) is 9.23. The lowest BCUT2D eigenvalue weighted by molar-refractivity contribution is -0.142. The van der Waals surface area contributed by atoms with Gasteiger partial charge >= 0.3 is 5.97 Å². The number of thiazole rings is 1. The Kier molecular flexibility index (Phi) is 5.36. The summed E-state index contributed by atoms with van der Waals surface area (Å²) >= 11 is 1.27. The van der Waals surface area contributed by atoms with Crippen molar-refractivity contribution in [1.29, 1.82) is 0 Å². The fourth-order valence-corrected chi connectivity index (χ4v) is 3.71. The second-order valence-corrected chi connectivity index (χ2v) is 7.32. The zero-order valence-electron chi connectivity index (χ0n) is 15.2. The predicted molar refractivity (Wildman–Crippen MR) is 103 cm³/mol. The van der Waals surface area contributed by atoms with Crippen molar-refractivity contribution in [2.75, 3.05) is 0 Å². The summed E-state index contributed by atoms with van der Waals surface area (Å²) < 4.78 is 1.67. The molecule has 0 aliphatic carbocycles. The van der Waals surface area contributed by atoms with Gasteiger partial charge in [-0.05, 0) is 19.4 Å². The number of carbonyl (C=O) groups is 2. The minimum absolute atomic E-state index is 0.331. The molecule has 2 heterocycles. The minimum Gasteiger partial charge on any atom is -0.481 e. The Morgan fingerprint density at radius 1 is 1.26 bits per heavy atom. The average molecular weight is 384 g/mol. The minimum atomic E-state index is -0.971. The summed E-state index contributed by atoms with van der Waals surface area (Å²) in [6.07, 6.45) is 3.53. The molecule has 3 aromatic rings. The summed E-state index contributed by atoms with van der Waals surface area (Å²) in [6.45, 7) is 3.35. The van der Waals surface area contributed by atoms with Crippen molar-refractivity contribution in [2.24, 2.45) is 13.0 Å². The van der Waals surface area contributed by atoms with Crippen molar-refractivity contribution in [3.05, 3.63) is 58.9 Å². The fourth-order valence-electron chi connectivity index (χ4n) is 2.77. The molecule has 2 atom stereocenters. The molecule has 2 unspecified atom stereocenters. The lowest BCUT2D eigenvalue weighted by Crippen LogP contribution is -2.35. The Morgan fingerprint density at radius 2 is 1.96 bits per heavy atom. The van der Waals surface area contributed by atoms with Gasteiger partial charge in [-0.25, -0.2) is 4.98 Å². The number of carboxylic acid groups (broad SMARTS) is 1. The number of aryl methyl sites for hydroxylation is 2. The molecule has 27 heavy (non-hydrogen) atoms. The Bertz CT molecular complexity index is 965. The molecule has 0 saturated carbocycles. The van der Waals surface area contributed by atoms with E-state index in [4.69, 9.17) is 0 Å². The van der Waals surface area contributed by atoms with Crippen molar-refractivity contribution in [1.82, 2.24) is 20.1 Å². The number of nitrogens with zero attached hydrogens (tertiary/aromatic N) is 3. The highest BCUT2D eigenvalue weighted by Gasteiger charge is 2.28. The second kappa shape index (κ2) is 7.71. The number of amides is 1. The summed E-state index contributed by atoms with van der Waals surface area (Å²) in [4.78, 5) is 29.3. The standard InChI is InChI=1S/C19H20N4O3S/c1-11(19(25)26)15(13-7-5-4-6-8-13)22-17(24)16-12(2)21-18(27-16)14-9-20-23(3)10-14/h4-11,15H,1-3H3,(H,22,24)(H,25,26). The third-order valence-corrected chi connectivity index (χ3v) is 5.49. The molecule has 2 N–H and O–H groups in total. The summed E-state index contributed by atoms with van der Waals surface area (Å²) in [6, 6.07) is 8.47. The van der Waals surface area contributed by atoms with Gasteiger partial charge in [-0.2, -0.15) is 5.10 Å². The first-order chi connectivity index (χ1) is 12.9. The normalized spacial score (nSPS) is 13.1. The Hall–Kier alpha value is -3.00. The van der Waals surface area contributed by atoms with E-state index in [0.29, 0.717) is 15.6 Å². The third-order valence-electron chi connectivity index (χ3n) is 4.29. The number of rotatable bonds is 6. The average Bonchev–Trinajstić information content (AvgIpc) is 3.25. The van der Waals surface area contributed by atoms with Crippen LogP contribution in [0.4, 0.5) is 0 Å². The molecule has 0 spiro atoms. The maximum absolute atomic E-state index is 12.9. The molecule has 0 aliphatic rings. The van der Waals surface area contributed by atoms with Gasteiger partial charge in [-0.3, -0.25) is 14.3 Å². The van der Waals surface area contributed by atoms with Crippen LogP contribution in [-0.4, -0.2) is 31.7 Å². The molecule has 1 amide bonds. The van der Waals surface area contributed by atoms with Crippen LogP contribution in [0, 0.1) is 12.8 Å². The Morgan fingerprint density at radius 3 is 2.56 bits per heavy atom. The van der Waals surface area contributed by atoms with Crippen LogP contribution in [0.15, 0.2) is 42.7 Å². The number of carboxylic acids is 1. The molecule has 0 radical (unpaired) electrons. The molecule has 1 aromatic carbocycles. The van der Waals surface area contributed by atoms with Gasteiger partial charge in [0.15, 0.2) is 0 Å². The van der Waals surface area contributed by atoms with E-state index in [-0.39, 0.29) is 5.91 Å². The SMILES string of the molecule is Cc1nc(-c2cnn(C)c2)sc1C(=O)NC(c1ccccc1)C(C)C(=O)O. The molecule has 7 nitrogen and oxygen atoms in total. The van der Waals surface area contributed by atoms with Crippen molar-refractivity contribution < 1.29 is 14.7 Å². The lowest BCUT2D eigenvalue weighted by Gasteiger charge is -2.22. The number of hydrogen-bond donors (Lipinski definition) is 2. The van der Waals surface area contributed by atoms with Crippen LogP contribution in [-0.2, 0) is 11.8 Å². The maximum atomic E-state index is 12.9. The highest BCUT2D eigenvalue weighted by molar-refractivity contribution is 7.17. The quantitative estimate of drug-likeness (QED) is 0.681. The van der Waals surface area contributed by atoms with Gasteiger partial charge in [0.25, 0.3) is 5.91 Å². The molecule has 0 aliphatic heterocycles. The lowest BCUT2D eigenvalue weighted by atomic mass is 9.94. The number of hydrogen-bond acceptors (Lipinski definition) is 5. The van der Waals surface area contributed by atoms with Crippen LogP contribution < -0.4 is 5.32 Å². The van der Waals surface area contributed by atoms with Gasteiger partial charge in [0.2, 0.25) is 0 Å². The smallest absolute Gasteiger partial charge is 0.308 e. The molecule has 2 aromatic heterocycles. The summed E-state index contributed by atoms with van der Waals surface area (Å²) in [7, 11) is 1.81. The van der Waals surface area contributed by atoms with Crippen LogP contribution in [0.3, 0.4) is 0 Å². The van der Waals surface area contributed by atoms with E-state index < -0.39 is 17.9 Å². The number of benzene rings is 1. The van der Waals surface area contributed by atoms with Crippen molar-refractivity contribution in [2.45, 2.75) is 19.9 Å². The van der Waals surface area contributed by atoms with E-state index in [9.17, 15) is 14.7 Å². The van der Waals surface area contributed by atoms with Crippen molar-refractivity contribution in [3.63, 3.8) is 0 Å². The zero-order chi connectivity index (χ0) is 19.6. The molecule has 140 valence electrons. The monoisotopic (exact) mass is 384 g/mol. The van der Waals surface area contributed by atoms with Gasteiger partial charge in [-0.1, -0.05) is 30.3 Å². The molecule has 8 heteroatoms. The predicted octanol–water partition coefficient (Wildman–Crippen LogP) is 3.04. The summed E-state index contributed by atoms with van der Waals surface area (Å²) in [5.41, 5.74) is 2.18. The first kappa shape index (κ1) is 18.8. The summed E-state index contributed by atoms with van der Waals surface area (Å²) in [5.74, 6) is -2.08. The molecule has 0 fully saturated rings. The number of nitrogens with one attached hydrogen (secondary N) is 1. The Labute approximate surface area is 160 Å². The second-order valence-electron chi connectivity index (χ2n) is 6.32. The summed E-state index contributed by atoms with van der Waals surface area (Å²) in [5, 5.41) is 17.1. The fraction of sp³-hybridized carbons (Fsp3) is 0.263. The van der Waals surface area contributed by atoms with E-state index in [0.717, 1.165) is 11.1 Å². The van der Waals surface area contributed by atoms with Crippen LogP contribution in [0.25, 0.3) is 10.6 Å². The van der Waals surface area contributed by atoms with E-state index in [2.05, 4.69) is 15.4 Å². The topological polar surface area (TPSA) is 97.1 Å². The molecule has 0 saturated heterocycles.